The molecule has 0 aromatic heterocycles. The Hall–Kier alpha value is 0.571. The van der Waals surface area contributed by atoms with Gasteiger partial charge >= 0.3 is 58.4 Å². The SMILES string of the molecule is Cc1ccc(C(F)F)cc1[B-](F)(F)F.[K+]. The zero-order valence-corrected chi connectivity index (χ0v) is 11.4. The summed E-state index contributed by atoms with van der Waals surface area (Å²) in [6, 6.07) is 2.58. The summed E-state index contributed by atoms with van der Waals surface area (Å²) >= 11 is 0. The Balaban J connectivity index is 0.00000196. The molecule has 1 rings (SSSR count). The second-order valence-electron chi connectivity index (χ2n) is 2.99. The van der Waals surface area contributed by atoms with E-state index in [1.54, 1.807) is 0 Å². The van der Waals surface area contributed by atoms with E-state index < -0.39 is 24.4 Å². The molecule has 0 heterocycles. The molecule has 0 saturated heterocycles. The van der Waals surface area contributed by atoms with E-state index >= 15 is 0 Å². The predicted octanol–water partition coefficient (Wildman–Crippen LogP) is -0.00898. The molecular weight excluding hydrogens is 241 g/mol. The third kappa shape index (κ3) is 4.14. The van der Waals surface area contributed by atoms with E-state index in [1.807, 2.05) is 0 Å². The van der Waals surface area contributed by atoms with Crippen LogP contribution in [0.25, 0.3) is 0 Å². The zero-order chi connectivity index (χ0) is 10.9. The molecule has 0 saturated carbocycles. The van der Waals surface area contributed by atoms with Crippen LogP contribution in [0, 0.1) is 6.92 Å². The standard InChI is InChI=1S/C8H7BF5.K/c1-5-2-3-6(8(10)11)4-7(5)9(12,13)14;/h2-4,8H,1H3;/q-1;+1. The van der Waals surface area contributed by atoms with Crippen LogP contribution in [0.15, 0.2) is 18.2 Å². The molecule has 7 heteroatoms. The van der Waals surface area contributed by atoms with Crippen molar-refractivity contribution in [2.75, 3.05) is 0 Å². The first-order chi connectivity index (χ1) is 6.32. The van der Waals surface area contributed by atoms with Crippen LogP contribution in [-0.4, -0.2) is 6.98 Å². The molecule has 0 spiro atoms. The second-order valence-corrected chi connectivity index (χ2v) is 2.99. The Morgan fingerprint density at radius 2 is 1.67 bits per heavy atom. The molecule has 0 aliphatic heterocycles. The molecule has 0 fully saturated rings. The third-order valence-corrected chi connectivity index (χ3v) is 1.91. The van der Waals surface area contributed by atoms with Crippen LogP contribution in [0.5, 0.6) is 0 Å². The maximum absolute atomic E-state index is 12.3. The zero-order valence-electron chi connectivity index (χ0n) is 8.28. The van der Waals surface area contributed by atoms with E-state index in [9.17, 15) is 21.7 Å². The van der Waals surface area contributed by atoms with Crippen LogP contribution in [0.2, 0.25) is 0 Å². The summed E-state index contributed by atoms with van der Waals surface area (Å²) in [5, 5.41) is 0. The van der Waals surface area contributed by atoms with Gasteiger partial charge in [-0.1, -0.05) is 23.8 Å². The summed E-state index contributed by atoms with van der Waals surface area (Å²) in [4.78, 5) is 0. The largest absolute Gasteiger partial charge is 1.00 e. The molecular formula is C8H7BF5K. The number of hydrogen-bond acceptors (Lipinski definition) is 0. The molecule has 1 aromatic carbocycles. The summed E-state index contributed by atoms with van der Waals surface area (Å²) in [6.07, 6.45) is -2.87. The molecule has 0 atom stereocenters. The average molecular weight is 248 g/mol. The van der Waals surface area contributed by atoms with Crippen LogP contribution in [0.3, 0.4) is 0 Å². The fourth-order valence-corrected chi connectivity index (χ4v) is 1.15. The number of aryl methyl sites for hydroxylation is 1. The van der Waals surface area contributed by atoms with Crippen LogP contribution in [0.4, 0.5) is 21.7 Å². The van der Waals surface area contributed by atoms with Crippen molar-refractivity contribution in [2.24, 2.45) is 0 Å². The van der Waals surface area contributed by atoms with Gasteiger partial charge in [0.2, 0.25) is 0 Å². The molecule has 1 aromatic rings. The predicted molar refractivity (Wildman–Crippen MR) is 44.8 cm³/mol. The maximum Gasteiger partial charge on any atom is 1.00 e. The molecule has 0 aliphatic rings. The van der Waals surface area contributed by atoms with E-state index in [4.69, 9.17) is 0 Å². The minimum atomic E-state index is -5.21. The average Bonchev–Trinajstić information content (AvgIpc) is 2.02. The van der Waals surface area contributed by atoms with Gasteiger partial charge in [-0.15, -0.1) is 5.46 Å². The van der Waals surface area contributed by atoms with Crippen LogP contribution in [0.1, 0.15) is 17.6 Å². The Morgan fingerprint density at radius 3 is 2.07 bits per heavy atom. The van der Waals surface area contributed by atoms with Crippen molar-refractivity contribution in [1.82, 2.24) is 0 Å². The van der Waals surface area contributed by atoms with E-state index in [0.29, 0.717) is 6.07 Å². The van der Waals surface area contributed by atoms with Crippen molar-refractivity contribution >= 4 is 12.4 Å². The Bertz CT molecular complexity index is 336. The van der Waals surface area contributed by atoms with Crippen LogP contribution >= 0.6 is 0 Å². The molecule has 0 aliphatic carbocycles. The molecule has 15 heavy (non-hydrogen) atoms. The number of benzene rings is 1. The topological polar surface area (TPSA) is 0 Å². The summed E-state index contributed by atoms with van der Waals surface area (Å²) in [5.41, 5.74) is -1.56. The number of halogens is 5. The minimum absolute atomic E-state index is 0. The summed E-state index contributed by atoms with van der Waals surface area (Å²) in [7, 11) is 0. The van der Waals surface area contributed by atoms with Crippen molar-refractivity contribution in [1.29, 1.82) is 0 Å². The maximum atomic E-state index is 12.3. The summed E-state index contributed by atoms with van der Waals surface area (Å²) in [6.45, 7) is -3.96. The quantitative estimate of drug-likeness (QED) is 0.510. The number of rotatable bonds is 2. The van der Waals surface area contributed by atoms with Gasteiger partial charge < -0.3 is 12.9 Å². The van der Waals surface area contributed by atoms with Gasteiger partial charge in [0.15, 0.2) is 0 Å². The van der Waals surface area contributed by atoms with Crippen molar-refractivity contribution in [3.63, 3.8) is 0 Å². The molecule has 0 unspecified atom stereocenters. The first-order valence-corrected chi connectivity index (χ1v) is 3.91. The monoisotopic (exact) mass is 248 g/mol. The smallest absolute Gasteiger partial charge is 0.445 e. The van der Waals surface area contributed by atoms with Gasteiger partial charge in [-0.25, -0.2) is 8.78 Å². The van der Waals surface area contributed by atoms with E-state index in [1.165, 1.54) is 6.92 Å². The molecule has 0 amide bonds. The summed E-state index contributed by atoms with van der Waals surface area (Å²) in [5.74, 6) is 0. The van der Waals surface area contributed by atoms with Gasteiger partial charge in [0.05, 0.1) is 0 Å². The normalized spacial score (nSPS) is 11.4. The Morgan fingerprint density at radius 1 is 1.13 bits per heavy atom. The Kier molecular flexibility index (Phi) is 5.99. The first kappa shape index (κ1) is 15.6. The van der Waals surface area contributed by atoms with Gasteiger partial charge in [-0.05, 0) is 6.92 Å². The van der Waals surface area contributed by atoms with Crippen molar-refractivity contribution in [3.05, 3.63) is 29.3 Å². The molecule has 0 bridgehead atoms. The second kappa shape index (κ2) is 5.77. The summed E-state index contributed by atoms with van der Waals surface area (Å²) < 4.78 is 61.1. The van der Waals surface area contributed by atoms with Gasteiger partial charge in [0.25, 0.3) is 6.43 Å². The van der Waals surface area contributed by atoms with E-state index in [0.717, 1.165) is 12.1 Å². The first-order valence-electron chi connectivity index (χ1n) is 3.91. The van der Waals surface area contributed by atoms with Gasteiger partial charge in [0, 0.05) is 5.56 Å². The fraction of sp³-hybridized carbons (Fsp3) is 0.250. The minimum Gasteiger partial charge on any atom is -0.445 e. The molecule has 0 nitrogen and oxygen atoms in total. The molecule has 0 radical (unpaired) electrons. The fourth-order valence-electron chi connectivity index (χ4n) is 1.15. The van der Waals surface area contributed by atoms with Crippen molar-refractivity contribution in [2.45, 2.75) is 13.3 Å². The van der Waals surface area contributed by atoms with Crippen molar-refractivity contribution in [3.8, 4) is 0 Å². The van der Waals surface area contributed by atoms with Gasteiger partial charge in [-0.3, -0.25) is 0 Å². The van der Waals surface area contributed by atoms with E-state index in [-0.39, 0.29) is 56.9 Å². The van der Waals surface area contributed by atoms with Crippen LogP contribution < -0.4 is 56.8 Å². The molecule has 78 valence electrons. The Labute approximate surface area is 127 Å². The van der Waals surface area contributed by atoms with Crippen molar-refractivity contribution < 1.29 is 73.1 Å². The van der Waals surface area contributed by atoms with Gasteiger partial charge in [-0.2, -0.15) is 0 Å². The van der Waals surface area contributed by atoms with E-state index in [2.05, 4.69) is 0 Å². The molecule has 0 N–H and O–H groups in total. The van der Waals surface area contributed by atoms with Crippen LogP contribution in [-0.2, 0) is 0 Å². The number of hydrogen-bond donors (Lipinski definition) is 0. The van der Waals surface area contributed by atoms with Gasteiger partial charge in [0.1, 0.15) is 0 Å². The third-order valence-electron chi connectivity index (χ3n) is 1.91. The number of alkyl halides is 2.